The summed E-state index contributed by atoms with van der Waals surface area (Å²) < 4.78 is 58.7. The third kappa shape index (κ3) is 7.77. The van der Waals surface area contributed by atoms with E-state index in [0.717, 1.165) is 81.6 Å². The van der Waals surface area contributed by atoms with Crippen LogP contribution in [0.25, 0.3) is 5.57 Å². The average molecular weight is 597 g/mol. The molecular formula is C39H52F4. The van der Waals surface area contributed by atoms with Crippen LogP contribution in [0.1, 0.15) is 145 Å². The van der Waals surface area contributed by atoms with E-state index in [1.807, 2.05) is 19.1 Å². The van der Waals surface area contributed by atoms with E-state index in [4.69, 9.17) is 0 Å². The second-order valence-corrected chi connectivity index (χ2v) is 14.0. The van der Waals surface area contributed by atoms with E-state index in [9.17, 15) is 17.6 Å². The molecule has 2 saturated carbocycles. The standard InChI is InChI=1S/C39H52F4/c1-3-5-6-7-33-23-25-35(39(43)37(33)41)31-16-12-27(13-17-31)9-8-26-10-14-29(15-11-26)30-18-20-32(21-19-30)34-24-22-28(4-2)36(40)38(34)42/h20,22-27,29-31H,3-19,21H2,1-2H3. The molecule has 43 heavy (non-hydrogen) atoms. The molecule has 2 fully saturated rings. The van der Waals surface area contributed by atoms with Crippen molar-refractivity contribution in [3.05, 3.63) is 75.9 Å². The van der Waals surface area contributed by atoms with E-state index in [2.05, 4.69) is 13.0 Å². The van der Waals surface area contributed by atoms with Crippen LogP contribution < -0.4 is 0 Å². The lowest BCUT2D eigenvalue weighted by molar-refractivity contribution is 0.179. The molecule has 0 heterocycles. The normalized spacial score (nSPS) is 26.4. The van der Waals surface area contributed by atoms with Gasteiger partial charge < -0.3 is 0 Å². The zero-order valence-electron chi connectivity index (χ0n) is 26.5. The second-order valence-electron chi connectivity index (χ2n) is 14.0. The third-order valence-electron chi connectivity index (χ3n) is 11.4. The van der Waals surface area contributed by atoms with E-state index in [1.54, 1.807) is 12.1 Å². The summed E-state index contributed by atoms with van der Waals surface area (Å²) in [5.41, 5.74) is 3.02. The van der Waals surface area contributed by atoms with Gasteiger partial charge in [-0.3, -0.25) is 0 Å². The van der Waals surface area contributed by atoms with Crippen LogP contribution in [0.15, 0.2) is 30.3 Å². The molecule has 0 bridgehead atoms. The van der Waals surface area contributed by atoms with E-state index < -0.39 is 23.3 Å². The Hall–Kier alpha value is -2.10. The van der Waals surface area contributed by atoms with Crippen LogP contribution >= 0.6 is 0 Å². The Bertz CT molecular complexity index is 1230. The van der Waals surface area contributed by atoms with Crippen LogP contribution in [0, 0.1) is 46.9 Å². The fourth-order valence-electron chi connectivity index (χ4n) is 8.50. The SMILES string of the molecule is CCCCCc1ccc(C2CCC(CCC3CCC(C4CC=C(c5ccc(CC)c(F)c5F)CC4)CC3)CC2)c(F)c1F. The molecule has 0 nitrogen and oxygen atoms in total. The van der Waals surface area contributed by atoms with Crippen molar-refractivity contribution < 1.29 is 17.6 Å². The molecule has 0 aliphatic heterocycles. The second kappa shape index (κ2) is 15.3. The number of allylic oxidation sites excluding steroid dienone is 2. The van der Waals surface area contributed by atoms with Gasteiger partial charge in [0, 0.05) is 5.56 Å². The van der Waals surface area contributed by atoms with Gasteiger partial charge in [0.05, 0.1) is 0 Å². The van der Waals surface area contributed by atoms with Crippen LogP contribution in [-0.2, 0) is 12.8 Å². The predicted molar refractivity (Wildman–Crippen MR) is 170 cm³/mol. The Morgan fingerprint density at radius 1 is 0.628 bits per heavy atom. The molecule has 2 aromatic carbocycles. The van der Waals surface area contributed by atoms with Gasteiger partial charge in [0.25, 0.3) is 0 Å². The Balaban J connectivity index is 1.03. The summed E-state index contributed by atoms with van der Waals surface area (Å²) in [4.78, 5) is 0. The predicted octanol–water partition coefficient (Wildman–Crippen LogP) is 12.3. The largest absolute Gasteiger partial charge is 0.203 e. The van der Waals surface area contributed by atoms with Gasteiger partial charge in [-0.2, -0.15) is 0 Å². The Labute approximate surface area is 257 Å². The average Bonchev–Trinajstić information content (AvgIpc) is 3.04. The molecule has 2 aromatic rings. The number of halogens is 4. The lowest BCUT2D eigenvalue weighted by Crippen LogP contribution is -2.24. The van der Waals surface area contributed by atoms with Crippen LogP contribution in [0.4, 0.5) is 17.6 Å². The summed E-state index contributed by atoms with van der Waals surface area (Å²) in [6, 6.07) is 7.21. The van der Waals surface area contributed by atoms with Crippen LogP contribution in [-0.4, -0.2) is 0 Å². The monoisotopic (exact) mass is 596 g/mol. The summed E-state index contributed by atoms with van der Waals surface area (Å²) in [6.45, 7) is 3.97. The van der Waals surface area contributed by atoms with Gasteiger partial charge in [-0.25, -0.2) is 17.6 Å². The van der Waals surface area contributed by atoms with E-state index in [1.165, 1.54) is 38.5 Å². The number of hydrogen-bond acceptors (Lipinski definition) is 0. The maximum absolute atomic E-state index is 15.0. The molecule has 1 unspecified atom stereocenters. The van der Waals surface area contributed by atoms with Gasteiger partial charge in [-0.05, 0) is 129 Å². The van der Waals surface area contributed by atoms with Crippen molar-refractivity contribution >= 4 is 5.57 Å². The van der Waals surface area contributed by atoms with Gasteiger partial charge in [-0.15, -0.1) is 0 Å². The fraction of sp³-hybridized carbons (Fsp3) is 0.641. The van der Waals surface area contributed by atoms with Gasteiger partial charge in [0.15, 0.2) is 23.3 Å². The summed E-state index contributed by atoms with van der Waals surface area (Å²) in [7, 11) is 0. The minimum absolute atomic E-state index is 0.155. The first-order chi connectivity index (χ1) is 20.9. The van der Waals surface area contributed by atoms with Gasteiger partial charge in [-0.1, -0.05) is 82.7 Å². The van der Waals surface area contributed by atoms with Crippen molar-refractivity contribution in [1.82, 2.24) is 0 Å². The van der Waals surface area contributed by atoms with Crippen LogP contribution in [0.3, 0.4) is 0 Å². The van der Waals surface area contributed by atoms with Crippen molar-refractivity contribution in [1.29, 1.82) is 0 Å². The maximum atomic E-state index is 15.0. The minimum atomic E-state index is -0.679. The number of rotatable bonds is 11. The zero-order chi connectivity index (χ0) is 30.3. The van der Waals surface area contributed by atoms with E-state index in [0.29, 0.717) is 46.9 Å². The van der Waals surface area contributed by atoms with E-state index >= 15 is 0 Å². The van der Waals surface area contributed by atoms with Gasteiger partial charge >= 0.3 is 0 Å². The molecule has 0 aromatic heterocycles. The quantitative estimate of drug-likeness (QED) is 0.179. The van der Waals surface area contributed by atoms with Crippen molar-refractivity contribution in [3.8, 4) is 0 Å². The van der Waals surface area contributed by atoms with Crippen molar-refractivity contribution in [3.63, 3.8) is 0 Å². The van der Waals surface area contributed by atoms with Gasteiger partial charge in [0.2, 0.25) is 0 Å². The summed E-state index contributed by atoms with van der Waals surface area (Å²) in [5, 5.41) is 0. The lowest BCUT2D eigenvalue weighted by atomic mass is 9.69. The molecule has 0 spiro atoms. The molecule has 1 atom stereocenters. The van der Waals surface area contributed by atoms with Crippen LogP contribution in [0.5, 0.6) is 0 Å². The zero-order valence-corrected chi connectivity index (χ0v) is 26.5. The summed E-state index contributed by atoms with van der Waals surface area (Å²) >= 11 is 0. The highest BCUT2D eigenvalue weighted by molar-refractivity contribution is 5.67. The highest BCUT2D eigenvalue weighted by Gasteiger charge is 2.31. The molecule has 236 valence electrons. The fourth-order valence-corrected chi connectivity index (χ4v) is 8.50. The number of unbranched alkanes of at least 4 members (excludes halogenated alkanes) is 2. The van der Waals surface area contributed by atoms with Crippen molar-refractivity contribution in [2.24, 2.45) is 23.7 Å². The highest BCUT2D eigenvalue weighted by Crippen LogP contribution is 2.44. The Morgan fingerprint density at radius 3 is 1.91 bits per heavy atom. The number of aryl methyl sites for hydroxylation is 2. The van der Waals surface area contributed by atoms with Crippen molar-refractivity contribution in [2.75, 3.05) is 0 Å². The molecule has 0 N–H and O–H groups in total. The molecular weight excluding hydrogens is 544 g/mol. The third-order valence-corrected chi connectivity index (χ3v) is 11.4. The first kappa shape index (κ1) is 32.3. The molecule has 0 saturated heterocycles. The highest BCUT2D eigenvalue weighted by atomic mass is 19.2. The summed E-state index contributed by atoms with van der Waals surface area (Å²) in [6.07, 6.45) is 21.2. The minimum Gasteiger partial charge on any atom is -0.203 e. The van der Waals surface area contributed by atoms with E-state index in [-0.39, 0.29) is 5.92 Å². The number of benzene rings is 2. The molecule has 5 rings (SSSR count). The molecule has 4 heteroatoms. The Kier molecular flexibility index (Phi) is 11.5. The lowest BCUT2D eigenvalue weighted by Gasteiger charge is -2.36. The smallest absolute Gasteiger partial charge is 0.166 e. The molecule has 3 aliphatic rings. The Morgan fingerprint density at radius 2 is 1.28 bits per heavy atom. The topological polar surface area (TPSA) is 0 Å². The van der Waals surface area contributed by atoms with Gasteiger partial charge in [0.1, 0.15) is 0 Å². The van der Waals surface area contributed by atoms with Crippen molar-refractivity contribution in [2.45, 2.75) is 135 Å². The molecule has 0 amide bonds. The first-order valence-corrected chi connectivity index (χ1v) is 17.5. The summed E-state index contributed by atoms with van der Waals surface area (Å²) in [5.74, 6) is 0.542. The number of hydrogen-bond donors (Lipinski definition) is 0. The molecule has 0 radical (unpaired) electrons. The molecule has 3 aliphatic carbocycles. The van der Waals surface area contributed by atoms with Crippen LogP contribution in [0.2, 0.25) is 0 Å². The first-order valence-electron chi connectivity index (χ1n) is 17.5. The maximum Gasteiger partial charge on any atom is 0.166 e.